The maximum Gasteiger partial charge on any atom is 0.296 e. The molecule has 2 aromatic rings. The number of nitro groups is 1. The Morgan fingerprint density at radius 3 is 2.95 bits per heavy atom. The van der Waals surface area contributed by atoms with E-state index in [0.29, 0.717) is 23.3 Å². The van der Waals surface area contributed by atoms with Crippen molar-refractivity contribution in [2.45, 2.75) is 25.4 Å². The molecule has 0 aliphatic heterocycles. The van der Waals surface area contributed by atoms with Crippen molar-refractivity contribution in [1.82, 2.24) is 15.1 Å². The van der Waals surface area contributed by atoms with Gasteiger partial charge in [0.15, 0.2) is 0 Å². The van der Waals surface area contributed by atoms with Gasteiger partial charge in [0.05, 0.1) is 10.6 Å². The van der Waals surface area contributed by atoms with Crippen LogP contribution < -0.4 is 5.32 Å². The number of aromatic nitrogens is 2. The van der Waals surface area contributed by atoms with Gasteiger partial charge >= 0.3 is 0 Å². The van der Waals surface area contributed by atoms with Crippen molar-refractivity contribution in [1.29, 1.82) is 0 Å². The van der Waals surface area contributed by atoms with E-state index in [-0.39, 0.29) is 5.69 Å². The van der Waals surface area contributed by atoms with Gasteiger partial charge in [-0.05, 0) is 31.0 Å². The maximum absolute atomic E-state index is 11.1. The van der Waals surface area contributed by atoms with Crippen LogP contribution in [-0.4, -0.2) is 20.7 Å². The van der Waals surface area contributed by atoms with E-state index in [4.69, 9.17) is 11.6 Å². The molecule has 0 bridgehead atoms. The lowest BCUT2D eigenvalue weighted by Gasteiger charge is -2.03. The second kappa shape index (κ2) is 5.22. The largest absolute Gasteiger partial charge is 0.308 e. The Balaban J connectivity index is 1.86. The van der Waals surface area contributed by atoms with Gasteiger partial charge in [-0.25, -0.2) is 4.68 Å². The van der Waals surface area contributed by atoms with Gasteiger partial charge in [0.1, 0.15) is 5.69 Å². The first kappa shape index (κ1) is 13.1. The van der Waals surface area contributed by atoms with Crippen molar-refractivity contribution in [3.8, 4) is 5.69 Å². The van der Waals surface area contributed by atoms with Crippen LogP contribution in [0.25, 0.3) is 5.69 Å². The molecule has 0 amide bonds. The SMILES string of the molecule is O=[N+]([O-])c1cc(Cl)ccc1-n1ccc(CNC2CC2)n1. The molecule has 1 fully saturated rings. The molecule has 1 heterocycles. The van der Waals surface area contributed by atoms with Crippen LogP contribution in [0.2, 0.25) is 5.02 Å². The normalized spacial score (nSPS) is 14.4. The minimum absolute atomic E-state index is 0.0534. The van der Waals surface area contributed by atoms with Crippen molar-refractivity contribution in [3.05, 3.63) is 51.3 Å². The van der Waals surface area contributed by atoms with Crippen LogP contribution >= 0.6 is 11.6 Å². The van der Waals surface area contributed by atoms with E-state index >= 15 is 0 Å². The van der Waals surface area contributed by atoms with Gasteiger partial charge < -0.3 is 5.32 Å². The summed E-state index contributed by atoms with van der Waals surface area (Å²) in [7, 11) is 0. The van der Waals surface area contributed by atoms with E-state index in [1.165, 1.54) is 23.6 Å². The molecule has 1 aromatic carbocycles. The van der Waals surface area contributed by atoms with Gasteiger partial charge in [-0.3, -0.25) is 10.1 Å². The molecule has 20 heavy (non-hydrogen) atoms. The first-order valence-electron chi connectivity index (χ1n) is 6.36. The average molecular weight is 293 g/mol. The fourth-order valence-electron chi connectivity index (χ4n) is 1.96. The highest BCUT2D eigenvalue weighted by Crippen LogP contribution is 2.26. The molecule has 1 aliphatic carbocycles. The number of nitrogens with one attached hydrogen (secondary N) is 1. The van der Waals surface area contributed by atoms with Crippen molar-refractivity contribution in [2.24, 2.45) is 0 Å². The standard InChI is InChI=1S/C13H13ClN4O2/c14-9-1-4-12(13(7-9)18(19)20)17-6-5-11(16-17)8-15-10-2-3-10/h1,4-7,10,15H,2-3,8H2. The Morgan fingerprint density at radius 1 is 1.45 bits per heavy atom. The molecule has 0 saturated heterocycles. The number of halogens is 1. The van der Waals surface area contributed by atoms with Gasteiger partial charge in [-0.15, -0.1) is 0 Å². The van der Waals surface area contributed by atoms with E-state index in [1.54, 1.807) is 18.3 Å². The molecular weight excluding hydrogens is 280 g/mol. The average Bonchev–Trinajstić information content (AvgIpc) is 3.14. The summed E-state index contributed by atoms with van der Waals surface area (Å²) >= 11 is 5.80. The molecule has 104 valence electrons. The van der Waals surface area contributed by atoms with E-state index in [2.05, 4.69) is 10.4 Å². The third-order valence-corrected chi connectivity index (χ3v) is 3.41. The summed E-state index contributed by atoms with van der Waals surface area (Å²) in [5.41, 5.74) is 1.22. The number of nitrogens with zero attached hydrogens (tertiary/aromatic N) is 3. The van der Waals surface area contributed by atoms with Gasteiger partial charge in [-0.1, -0.05) is 11.6 Å². The molecule has 7 heteroatoms. The summed E-state index contributed by atoms with van der Waals surface area (Å²) in [6.07, 6.45) is 4.15. The molecule has 1 aromatic heterocycles. The Labute approximate surface area is 120 Å². The zero-order chi connectivity index (χ0) is 14.1. The van der Waals surface area contributed by atoms with Crippen LogP contribution in [0.4, 0.5) is 5.69 Å². The van der Waals surface area contributed by atoms with Crippen molar-refractivity contribution < 1.29 is 4.92 Å². The molecular formula is C13H13ClN4O2. The fourth-order valence-corrected chi connectivity index (χ4v) is 2.13. The predicted molar refractivity (Wildman–Crippen MR) is 75.1 cm³/mol. The molecule has 3 rings (SSSR count). The molecule has 1 aliphatic rings. The van der Waals surface area contributed by atoms with Crippen LogP contribution in [0, 0.1) is 10.1 Å². The zero-order valence-corrected chi connectivity index (χ0v) is 11.4. The van der Waals surface area contributed by atoms with Crippen molar-refractivity contribution >= 4 is 17.3 Å². The minimum atomic E-state index is -0.453. The lowest BCUT2D eigenvalue weighted by atomic mass is 10.3. The highest BCUT2D eigenvalue weighted by Gasteiger charge is 2.21. The second-order valence-corrected chi connectivity index (χ2v) is 5.23. The summed E-state index contributed by atoms with van der Waals surface area (Å²) in [5.74, 6) is 0. The second-order valence-electron chi connectivity index (χ2n) is 4.80. The Hall–Kier alpha value is -1.92. The molecule has 1 N–H and O–H groups in total. The summed E-state index contributed by atoms with van der Waals surface area (Å²) in [5, 5.41) is 19.1. The molecule has 0 radical (unpaired) electrons. The summed E-state index contributed by atoms with van der Waals surface area (Å²) < 4.78 is 1.51. The molecule has 1 saturated carbocycles. The van der Waals surface area contributed by atoms with Crippen LogP contribution in [0.5, 0.6) is 0 Å². The van der Waals surface area contributed by atoms with Gasteiger partial charge in [0.25, 0.3) is 5.69 Å². The number of hydrogen-bond acceptors (Lipinski definition) is 4. The summed E-state index contributed by atoms with van der Waals surface area (Å²) in [6.45, 7) is 0.680. The van der Waals surface area contributed by atoms with E-state index in [1.807, 2.05) is 6.07 Å². The summed E-state index contributed by atoms with van der Waals surface area (Å²) in [6, 6.07) is 7.01. The van der Waals surface area contributed by atoms with E-state index in [0.717, 1.165) is 5.69 Å². The predicted octanol–water partition coefficient (Wildman–Crippen LogP) is 2.69. The highest BCUT2D eigenvalue weighted by molar-refractivity contribution is 6.30. The number of hydrogen-bond donors (Lipinski definition) is 1. The highest BCUT2D eigenvalue weighted by atomic mass is 35.5. The Bertz CT molecular complexity index is 652. The first-order valence-corrected chi connectivity index (χ1v) is 6.73. The van der Waals surface area contributed by atoms with Crippen LogP contribution in [-0.2, 0) is 6.54 Å². The molecule has 0 atom stereocenters. The Morgan fingerprint density at radius 2 is 2.25 bits per heavy atom. The van der Waals surface area contributed by atoms with Crippen LogP contribution in [0.1, 0.15) is 18.5 Å². The van der Waals surface area contributed by atoms with E-state index in [9.17, 15) is 10.1 Å². The van der Waals surface area contributed by atoms with Crippen molar-refractivity contribution in [2.75, 3.05) is 0 Å². The van der Waals surface area contributed by atoms with Gasteiger partial charge in [0, 0.05) is 29.9 Å². The molecule has 0 unspecified atom stereocenters. The van der Waals surface area contributed by atoms with Gasteiger partial charge in [-0.2, -0.15) is 5.10 Å². The summed E-state index contributed by atoms with van der Waals surface area (Å²) in [4.78, 5) is 10.6. The van der Waals surface area contributed by atoms with Crippen molar-refractivity contribution in [3.63, 3.8) is 0 Å². The lowest BCUT2D eigenvalue weighted by Crippen LogP contribution is -2.15. The number of nitro benzene ring substituents is 1. The Kier molecular flexibility index (Phi) is 3.42. The molecule has 0 spiro atoms. The topological polar surface area (TPSA) is 73.0 Å². The number of rotatable bonds is 5. The third kappa shape index (κ3) is 2.81. The van der Waals surface area contributed by atoms with Gasteiger partial charge in [0.2, 0.25) is 0 Å². The minimum Gasteiger partial charge on any atom is -0.308 e. The molecule has 6 nitrogen and oxygen atoms in total. The number of benzene rings is 1. The third-order valence-electron chi connectivity index (χ3n) is 3.17. The fraction of sp³-hybridized carbons (Fsp3) is 0.308. The van der Waals surface area contributed by atoms with Crippen LogP contribution in [0.3, 0.4) is 0 Å². The monoisotopic (exact) mass is 292 g/mol. The zero-order valence-electron chi connectivity index (χ0n) is 10.6. The quantitative estimate of drug-likeness (QED) is 0.679. The first-order chi connectivity index (χ1) is 9.63. The maximum atomic E-state index is 11.1. The lowest BCUT2D eigenvalue weighted by molar-refractivity contribution is -0.384. The van der Waals surface area contributed by atoms with Crippen LogP contribution in [0.15, 0.2) is 30.5 Å². The smallest absolute Gasteiger partial charge is 0.296 e. The van der Waals surface area contributed by atoms with E-state index < -0.39 is 4.92 Å².